The number of carbonyl (C=O) groups excluding carboxylic acids is 5. The Hall–Kier alpha value is -4.10. The van der Waals surface area contributed by atoms with Crippen LogP contribution in [-0.4, -0.2) is 148 Å². The number of aliphatic carboxylic acids is 1. The van der Waals surface area contributed by atoms with E-state index in [0.29, 0.717) is 86.5 Å². The van der Waals surface area contributed by atoms with E-state index < -0.39 is 53.8 Å². The summed E-state index contributed by atoms with van der Waals surface area (Å²) in [6.45, 7) is 13.0. The Morgan fingerprint density at radius 1 is 0.657 bits per heavy atom. The van der Waals surface area contributed by atoms with Gasteiger partial charge in [-0.3, -0.25) is 24.0 Å². The molecule has 1 aromatic rings. The van der Waals surface area contributed by atoms with Crippen LogP contribution >= 0.6 is 24.4 Å². The number of nitrogens with one attached hydrogen (secondary N) is 5. The zero-order valence-electron chi connectivity index (χ0n) is 42.9. The molecule has 1 aromatic carbocycles. The summed E-state index contributed by atoms with van der Waals surface area (Å²) in [6.07, 6.45) is 6.56. The number of quaternary nitrogens is 6. The van der Waals surface area contributed by atoms with Crippen LogP contribution in [0.15, 0.2) is 12.1 Å². The van der Waals surface area contributed by atoms with E-state index >= 15 is 0 Å². The first kappa shape index (κ1) is 63.9. The molecule has 402 valence electrons. The number of rotatable bonds is 40. The Balaban J connectivity index is 2.99. The van der Waals surface area contributed by atoms with Crippen molar-refractivity contribution >= 4 is 59.9 Å². The molecule has 24 N–H and O–H groups in total. The number of unbranched alkanes of at least 4 members (excludes halogenated alkanes) is 2. The van der Waals surface area contributed by atoms with Gasteiger partial charge in [0, 0.05) is 24.3 Å². The second kappa shape index (κ2) is 36.8. The minimum absolute atomic E-state index is 0.0410. The molecule has 23 heteroatoms. The maximum atomic E-state index is 13.6. The highest BCUT2D eigenvalue weighted by Crippen LogP contribution is 2.40. The Bertz CT molecular complexity index is 1670. The average Bonchev–Trinajstić information content (AvgIpc) is 3.34. The topological polar surface area (TPSA) is 376 Å². The molecule has 0 unspecified atom stereocenters. The van der Waals surface area contributed by atoms with Crippen molar-refractivity contribution in [3.8, 4) is 17.2 Å². The van der Waals surface area contributed by atoms with E-state index in [4.69, 9.17) is 14.2 Å². The normalized spacial score (nSPS) is 13.6. The molecular weight excluding hydrogens is 943 g/mol. The fourth-order valence-electron chi connectivity index (χ4n) is 7.20. The minimum atomic E-state index is -1.17. The van der Waals surface area contributed by atoms with Gasteiger partial charge in [0.25, 0.3) is 5.91 Å². The van der Waals surface area contributed by atoms with Crippen LogP contribution in [0.2, 0.25) is 0 Å². The Morgan fingerprint density at radius 3 is 1.61 bits per heavy atom. The standard InChI is InChI=1S/C47H87N11O10S2/c1-6-30(4)41(46(63)56-35(47(64)65)14-19-70-5)58-45(62)40(29(2)3)57-44(61)36(28-69)55-39(59)10-8-7-9-15-54-43(60)34-20-37(66-16-11-31(22-48)23-49)42(68-18-13-33(26-52)27-53)38(21-34)67-17-12-32(24-50)25-51/h20-21,29-33,35-36,40-41,69H,6-19,22-28,48-53H2,1-5H3,(H,54,60)(H,55,59)(H,56,63)(H,57,61)(H,58,62)(H,64,65)/p+6/t30-,35-,36-,40-,41-/m0/s1. The highest BCUT2D eigenvalue weighted by Gasteiger charge is 2.34. The first-order valence-corrected chi connectivity index (χ1v) is 27.1. The predicted octanol–water partition coefficient (Wildman–Crippen LogP) is -4.01. The first-order chi connectivity index (χ1) is 33.5. The molecular formula is C47H93N11O10S2+6. The van der Waals surface area contributed by atoms with Gasteiger partial charge < -0.3 is 80.3 Å². The van der Waals surface area contributed by atoms with E-state index in [0.717, 1.165) is 58.5 Å². The largest absolute Gasteiger partial charge is 0.490 e. The highest BCUT2D eigenvalue weighted by molar-refractivity contribution is 7.98. The fraction of sp³-hybridized carbons (Fsp3) is 0.745. The molecule has 0 bridgehead atoms. The van der Waals surface area contributed by atoms with Crippen LogP contribution in [0.25, 0.3) is 0 Å². The van der Waals surface area contributed by atoms with E-state index in [9.17, 15) is 33.9 Å². The summed E-state index contributed by atoms with van der Waals surface area (Å²) in [7, 11) is 0. The van der Waals surface area contributed by atoms with E-state index in [1.807, 2.05) is 13.2 Å². The molecule has 5 atom stereocenters. The average molecular weight is 1040 g/mol. The van der Waals surface area contributed by atoms with Crippen LogP contribution in [0.5, 0.6) is 17.2 Å². The molecule has 0 aliphatic heterocycles. The Labute approximate surface area is 425 Å². The van der Waals surface area contributed by atoms with Gasteiger partial charge >= 0.3 is 5.97 Å². The van der Waals surface area contributed by atoms with Crippen LogP contribution in [0, 0.1) is 29.6 Å². The molecule has 0 heterocycles. The van der Waals surface area contributed by atoms with Crippen LogP contribution in [0.3, 0.4) is 0 Å². The molecule has 0 spiro atoms. The monoisotopic (exact) mass is 1040 g/mol. The Morgan fingerprint density at radius 2 is 1.16 bits per heavy atom. The van der Waals surface area contributed by atoms with Gasteiger partial charge in [0.1, 0.15) is 24.2 Å². The number of carboxylic acid groups (broad SMARTS) is 1. The third-order valence-electron chi connectivity index (χ3n) is 12.5. The molecule has 5 amide bonds. The van der Waals surface area contributed by atoms with Crippen molar-refractivity contribution in [3.63, 3.8) is 0 Å². The number of carbonyl (C=O) groups is 6. The molecule has 0 aromatic heterocycles. The molecule has 1 rings (SSSR count). The first-order valence-electron chi connectivity index (χ1n) is 25.1. The molecule has 0 radical (unpaired) electrons. The van der Waals surface area contributed by atoms with Crippen LogP contribution in [0.4, 0.5) is 0 Å². The van der Waals surface area contributed by atoms with Crippen molar-refractivity contribution < 1.29 is 82.5 Å². The summed E-state index contributed by atoms with van der Waals surface area (Å²) in [5.74, 6) is -1.85. The van der Waals surface area contributed by atoms with Crippen LogP contribution < -0.4 is 75.2 Å². The summed E-state index contributed by atoms with van der Waals surface area (Å²) < 4.78 is 19.0. The second-order valence-electron chi connectivity index (χ2n) is 18.2. The van der Waals surface area contributed by atoms with Crippen molar-refractivity contribution in [2.75, 3.05) is 83.4 Å². The second-order valence-corrected chi connectivity index (χ2v) is 19.5. The molecule has 0 fully saturated rings. The lowest BCUT2D eigenvalue weighted by atomic mass is 9.96. The van der Waals surface area contributed by atoms with Gasteiger partial charge in [0.15, 0.2) is 11.5 Å². The maximum Gasteiger partial charge on any atom is 0.326 e. The number of thioether (sulfide) groups is 1. The molecule has 21 nitrogen and oxygen atoms in total. The lowest BCUT2D eigenvalue weighted by Crippen LogP contribution is -2.62. The van der Waals surface area contributed by atoms with Crippen LogP contribution in [0.1, 0.15) is 95.8 Å². The predicted molar refractivity (Wildman–Crippen MR) is 271 cm³/mol. The SMILES string of the molecule is CC[C@H](C)[C@H](NC(=O)[C@@H](NC(=O)[C@H](CS)NC(=O)CCCCCNC(=O)c1cc(OCCC(C[NH3+])C[NH3+])c(OCCC(C[NH3+])C[NH3+])c(OCCC(C[NH3+])C[NH3+])c1)C(C)C)C(=O)N[C@@H](CCSC)C(=O)O. The third kappa shape index (κ3) is 23.9. The molecule has 0 saturated heterocycles. The van der Waals surface area contributed by atoms with E-state index in [1.165, 1.54) is 11.8 Å². The molecule has 0 aliphatic rings. The maximum absolute atomic E-state index is 13.6. The number of benzene rings is 1. The van der Waals surface area contributed by atoms with Gasteiger partial charge in [-0.2, -0.15) is 24.4 Å². The summed E-state index contributed by atoms with van der Waals surface area (Å²) in [5, 5.41) is 23.3. The number of amides is 5. The minimum Gasteiger partial charge on any atom is -0.490 e. The zero-order chi connectivity index (χ0) is 52.6. The van der Waals surface area contributed by atoms with Gasteiger partial charge in [0.05, 0.1) is 76.8 Å². The smallest absolute Gasteiger partial charge is 0.326 e. The van der Waals surface area contributed by atoms with Gasteiger partial charge in [-0.25, -0.2) is 4.79 Å². The summed E-state index contributed by atoms with van der Waals surface area (Å²) in [4.78, 5) is 78.9. The van der Waals surface area contributed by atoms with Crippen molar-refractivity contribution in [1.82, 2.24) is 26.6 Å². The van der Waals surface area contributed by atoms with Crippen molar-refractivity contribution in [2.45, 2.75) is 110 Å². The summed E-state index contributed by atoms with van der Waals surface area (Å²) in [6, 6.07) is -0.922. The van der Waals surface area contributed by atoms with E-state index in [-0.39, 0.29) is 48.2 Å². The van der Waals surface area contributed by atoms with Crippen LogP contribution in [-0.2, 0) is 24.0 Å². The number of hydrogen-bond acceptors (Lipinski definition) is 11. The highest BCUT2D eigenvalue weighted by atomic mass is 32.2. The lowest BCUT2D eigenvalue weighted by Gasteiger charge is -2.29. The molecule has 0 saturated carbocycles. The summed E-state index contributed by atoms with van der Waals surface area (Å²) >= 11 is 5.75. The number of hydrogen-bond donors (Lipinski definition) is 13. The zero-order valence-corrected chi connectivity index (χ0v) is 44.6. The van der Waals surface area contributed by atoms with Gasteiger partial charge in [-0.15, -0.1) is 0 Å². The van der Waals surface area contributed by atoms with E-state index in [2.05, 4.69) is 73.6 Å². The van der Waals surface area contributed by atoms with Crippen molar-refractivity contribution in [2.24, 2.45) is 29.6 Å². The van der Waals surface area contributed by atoms with Gasteiger partial charge in [-0.1, -0.05) is 40.5 Å². The summed E-state index contributed by atoms with van der Waals surface area (Å²) in [5.41, 5.74) is 24.5. The van der Waals surface area contributed by atoms with Crippen molar-refractivity contribution in [3.05, 3.63) is 17.7 Å². The quantitative estimate of drug-likeness (QED) is 0.0222. The molecule has 70 heavy (non-hydrogen) atoms. The number of carboxylic acids is 1. The lowest BCUT2D eigenvalue weighted by molar-refractivity contribution is -0.423. The fourth-order valence-corrected chi connectivity index (χ4v) is 7.93. The van der Waals surface area contributed by atoms with Gasteiger partial charge in [0.2, 0.25) is 29.4 Å². The Kier molecular flexibility index (Phi) is 33.6. The number of ether oxygens (including phenoxy) is 3. The van der Waals surface area contributed by atoms with Gasteiger partial charge in [-0.05, 0) is 74.5 Å². The number of thiol groups is 1. The molecule has 0 aliphatic carbocycles. The van der Waals surface area contributed by atoms with Crippen molar-refractivity contribution in [1.29, 1.82) is 0 Å². The third-order valence-corrected chi connectivity index (χ3v) is 13.5. The van der Waals surface area contributed by atoms with E-state index in [1.54, 1.807) is 32.9 Å².